The minimum Gasteiger partial charge on any atom is -0.481 e. The number of nitrogens with one attached hydrogen (secondary N) is 1. The lowest BCUT2D eigenvalue weighted by molar-refractivity contribution is -0.143. The van der Waals surface area contributed by atoms with Crippen LogP contribution in [0.5, 0.6) is 0 Å². The van der Waals surface area contributed by atoms with Gasteiger partial charge in [0.05, 0.1) is 12.0 Å². The van der Waals surface area contributed by atoms with E-state index in [-0.39, 0.29) is 43.0 Å². The Morgan fingerprint density at radius 2 is 1.74 bits per heavy atom. The van der Waals surface area contributed by atoms with Crippen LogP contribution in [0.4, 0.5) is 0 Å². The first-order valence-electron chi connectivity index (χ1n) is 9.20. The minimum absolute atomic E-state index is 0.000913. The Morgan fingerprint density at radius 1 is 1.11 bits per heavy atom. The van der Waals surface area contributed by atoms with Gasteiger partial charge in [0, 0.05) is 31.0 Å². The van der Waals surface area contributed by atoms with Crippen LogP contribution >= 0.6 is 0 Å². The molecule has 7 heteroatoms. The zero-order valence-electron chi connectivity index (χ0n) is 15.7. The number of carbonyl (C=O) groups excluding carboxylic acids is 3. The Morgan fingerprint density at radius 3 is 2.30 bits per heavy atom. The lowest BCUT2D eigenvalue weighted by Gasteiger charge is -2.24. The Bertz CT molecular complexity index is 700. The van der Waals surface area contributed by atoms with Crippen LogP contribution in [0.1, 0.15) is 49.9 Å². The SMILES string of the molecule is C[C@H](CN(C(=O)CCC(=O)N[C@@H](C)C(=O)c1ccccc1)C1CC1)C(=O)O. The topological polar surface area (TPSA) is 104 Å². The van der Waals surface area contributed by atoms with Crippen LogP contribution in [-0.2, 0) is 14.4 Å². The van der Waals surface area contributed by atoms with Gasteiger partial charge in [0.2, 0.25) is 11.8 Å². The zero-order valence-corrected chi connectivity index (χ0v) is 15.7. The summed E-state index contributed by atoms with van der Waals surface area (Å²) in [6.07, 6.45) is 1.70. The fraction of sp³-hybridized carbons (Fsp3) is 0.500. The standard InChI is InChI=1S/C20H26N2O5/c1-13(20(26)27)12-22(16-8-9-16)18(24)11-10-17(23)21-14(2)19(25)15-6-4-3-5-7-15/h3-7,13-14,16H,8-12H2,1-2H3,(H,21,23)(H,26,27)/t13-,14+/m1/s1. The van der Waals surface area contributed by atoms with E-state index in [1.165, 1.54) is 0 Å². The molecule has 146 valence electrons. The highest BCUT2D eigenvalue weighted by molar-refractivity contribution is 6.01. The van der Waals surface area contributed by atoms with Crippen molar-refractivity contribution >= 4 is 23.6 Å². The van der Waals surface area contributed by atoms with Crippen LogP contribution in [-0.4, -0.2) is 52.2 Å². The zero-order chi connectivity index (χ0) is 20.0. The van der Waals surface area contributed by atoms with Gasteiger partial charge in [-0.2, -0.15) is 0 Å². The van der Waals surface area contributed by atoms with Gasteiger partial charge < -0.3 is 15.3 Å². The highest BCUT2D eigenvalue weighted by Gasteiger charge is 2.34. The molecule has 1 aromatic carbocycles. The molecule has 2 atom stereocenters. The summed E-state index contributed by atoms with van der Waals surface area (Å²) in [7, 11) is 0. The smallest absolute Gasteiger partial charge is 0.308 e. The van der Waals surface area contributed by atoms with Crippen LogP contribution in [0.25, 0.3) is 0 Å². The molecule has 27 heavy (non-hydrogen) atoms. The van der Waals surface area contributed by atoms with Gasteiger partial charge in [-0.15, -0.1) is 0 Å². The lowest BCUT2D eigenvalue weighted by Crippen LogP contribution is -2.41. The highest BCUT2D eigenvalue weighted by Crippen LogP contribution is 2.28. The van der Waals surface area contributed by atoms with Crippen molar-refractivity contribution < 1.29 is 24.3 Å². The van der Waals surface area contributed by atoms with Crippen molar-refractivity contribution in [2.24, 2.45) is 5.92 Å². The maximum absolute atomic E-state index is 12.4. The molecule has 0 spiro atoms. The van der Waals surface area contributed by atoms with Crippen molar-refractivity contribution in [2.75, 3.05) is 6.54 Å². The largest absolute Gasteiger partial charge is 0.481 e. The maximum atomic E-state index is 12.4. The minimum atomic E-state index is -0.945. The van der Waals surface area contributed by atoms with E-state index in [1.54, 1.807) is 43.0 Å². The van der Waals surface area contributed by atoms with Gasteiger partial charge in [0.1, 0.15) is 0 Å². The summed E-state index contributed by atoms with van der Waals surface area (Å²) in [4.78, 5) is 49.4. The quantitative estimate of drug-likeness (QED) is 0.609. The third kappa shape index (κ3) is 6.20. The van der Waals surface area contributed by atoms with E-state index in [2.05, 4.69) is 5.32 Å². The van der Waals surface area contributed by atoms with Crippen LogP contribution in [0.15, 0.2) is 30.3 Å². The maximum Gasteiger partial charge on any atom is 0.308 e. The summed E-state index contributed by atoms with van der Waals surface area (Å²) in [5.41, 5.74) is 0.518. The van der Waals surface area contributed by atoms with Gasteiger partial charge >= 0.3 is 5.97 Å². The molecule has 0 heterocycles. The first-order valence-corrected chi connectivity index (χ1v) is 9.20. The Hall–Kier alpha value is -2.70. The average molecular weight is 374 g/mol. The Kier molecular flexibility index (Phi) is 7.10. The molecule has 0 aliphatic heterocycles. The molecule has 1 aromatic rings. The third-order valence-corrected chi connectivity index (χ3v) is 4.60. The molecule has 1 saturated carbocycles. The number of carbonyl (C=O) groups is 4. The van der Waals surface area contributed by atoms with Crippen molar-refractivity contribution in [1.82, 2.24) is 10.2 Å². The molecule has 0 unspecified atom stereocenters. The second kappa shape index (κ2) is 9.30. The second-order valence-electron chi connectivity index (χ2n) is 7.04. The number of hydrogen-bond acceptors (Lipinski definition) is 4. The van der Waals surface area contributed by atoms with Crippen molar-refractivity contribution in [3.8, 4) is 0 Å². The molecule has 7 nitrogen and oxygen atoms in total. The summed E-state index contributed by atoms with van der Waals surface area (Å²) >= 11 is 0. The highest BCUT2D eigenvalue weighted by atomic mass is 16.4. The number of ketones is 1. The van der Waals surface area contributed by atoms with Gasteiger partial charge in [-0.1, -0.05) is 37.3 Å². The summed E-state index contributed by atoms with van der Waals surface area (Å²) in [6, 6.07) is 8.10. The number of benzene rings is 1. The van der Waals surface area contributed by atoms with Gasteiger partial charge in [-0.05, 0) is 19.8 Å². The Balaban J connectivity index is 1.82. The molecule has 0 radical (unpaired) electrons. The number of amides is 2. The number of aliphatic carboxylic acids is 1. The van der Waals surface area contributed by atoms with Crippen molar-refractivity contribution in [2.45, 2.75) is 51.6 Å². The van der Waals surface area contributed by atoms with E-state index in [0.717, 1.165) is 12.8 Å². The predicted molar refractivity (Wildman–Crippen MR) is 99.1 cm³/mol. The number of hydrogen-bond donors (Lipinski definition) is 2. The number of carboxylic acid groups (broad SMARTS) is 1. The number of carboxylic acids is 1. The number of Topliss-reactive ketones (excluding diaryl/α,β-unsaturated/α-hetero) is 1. The fourth-order valence-electron chi connectivity index (χ4n) is 2.81. The second-order valence-corrected chi connectivity index (χ2v) is 7.04. The molecule has 1 aliphatic rings. The van der Waals surface area contributed by atoms with Crippen LogP contribution in [0.2, 0.25) is 0 Å². The molecule has 0 saturated heterocycles. The molecule has 1 aliphatic carbocycles. The van der Waals surface area contributed by atoms with Gasteiger partial charge in [0.25, 0.3) is 0 Å². The number of nitrogens with zero attached hydrogens (tertiary/aromatic N) is 1. The van der Waals surface area contributed by atoms with Gasteiger partial charge in [-0.3, -0.25) is 19.2 Å². The normalized spacial score (nSPS) is 15.5. The summed E-state index contributed by atoms with van der Waals surface area (Å²) in [6.45, 7) is 3.33. The van der Waals surface area contributed by atoms with Crippen molar-refractivity contribution in [1.29, 1.82) is 0 Å². The Labute approximate surface area is 158 Å². The van der Waals surface area contributed by atoms with Gasteiger partial charge in [-0.25, -0.2) is 0 Å². The molecular formula is C20H26N2O5. The molecule has 2 N–H and O–H groups in total. The lowest BCUT2D eigenvalue weighted by atomic mass is 10.1. The van der Waals surface area contributed by atoms with Crippen molar-refractivity contribution in [3.63, 3.8) is 0 Å². The van der Waals surface area contributed by atoms with E-state index < -0.39 is 17.9 Å². The molecule has 0 bridgehead atoms. The van der Waals surface area contributed by atoms with E-state index in [1.807, 2.05) is 6.07 Å². The summed E-state index contributed by atoms with van der Waals surface area (Å²) in [5.74, 6) is -2.37. The van der Waals surface area contributed by atoms with E-state index >= 15 is 0 Å². The fourth-order valence-corrected chi connectivity index (χ4v) is 2.81. The van der Waals surface area contributed by atoms with Crippen LogP contribution in [0.3, 0.4) is 0 Å². The molecule has 2 rings (SSSR count). The van der Waals surface area contributed by atoms with E-state index in [4.69, 9.17) is 5.11 Å². The molecule has 2 amide bonds. The summed E-state index contributed by atoms with van der Waals surface area (Å²) < 4.78 is 0. The van der Waals surface area contributed by atoms with Crippen molar-refractivity contribution in [3.05, 3.63) is 35.9 Å². The van der Waals surface area contributed by atoms with E-state index in [0.29, 0.717) is 5.56 Å². The molecule has 0 aromatic heterocycles. The first-order chi connectivity index (χ1) is 12.8. The average Bonchev–Trinajstić information content (AvgIpc) is 3.48. The monoisotopic (exact) mass is 374 g/mol. The first kappa shape index (κ1) is 20.6. The van der Waals surface area contributed by atoms with E-state index in [9.17, 15) is 19.2 Å². The molecular weight excluding hydrogens is 348 g/mol. The number of rotatable bonds is 10. The van der Waals surface area contributed by atoms with Gasteiger partial charge in [0.15, 0.2) is 5.78 Å². The molecule has 1 fully saturated rings. The summed E-state index contributed by atoms with van der Waals surface area (Å²) in [5, 5.41) is 11.7. The van der Waals surface area contributed by atoms with Crippen LogP contribution < -0.4 is 5.32 Å². The van der Waals surface area contributed by atoms with Crippen LogP contribution in [0, 0.1) is 5.92 Å². The third-order valence-electron chi connectivity index (χ3n) is 4.60. The predicted octanol–water partition coefficient (Wildman–Crippen LogP) is 1.87.